The highest BCUT2D eigenvalue weighted by atomic mass is 19.3. The van der Waals surface area contributed by atoms with Gasteiger partial charge in [0.05, 0.1) is 0 Å². The van der Waals surface area contributed by atoms with E-state index in [1.165, 1.54) is 18.2 Å². The summed E-state index contributed by atoms with van der Waals surface area (Å²) in [7, 11) is 0. The molecule has 1 rings (SSSR count). The molecule has 4 nitrogen and oxygen atoms in total. The SMILES string of the molecule is CC(N)CC(=O)Nc1cccc(OC(F)F)c1. The zero-order chi connectivity index (χ0) is 12.8. The Labute approximate surface area is 97.8 Å². The summed E-state index contributed by atoms with van der Waals surface area (Å²) >= 11 is 0. The number of anilines is 1. The van der Waals surface area contributed by atoms with Gasteiger partial charge in [0.2, 0.25) is 5.91 Å². The Morgan fingerprint density at radius 2 is 2.24 bits per heavy atom. The Balaban J connectivity index is 2.62. The molecule has 1 amide bonds. The van der Waals surface area contributed by atoms with Gasteiger partial charge in [-0.3, -0.25) is 4.79 Å². The lowest BCUT2D eigenvalue weighted by Gasteiger charge is -2.09. The maximum atomic E-state index is 12.0. The quantitative estimate of drug-likeness (QED) is 0.832. The van der Waals surface area contributed by atoms with Crippen LogP contribution in [0, 0.1) is 0 Å². The van der Waals surface area contributed by atoms with Crippen LogP contribution in [-0.2, 0) is 4.79 Å². The maximum absolute atomic E-state index is 12.0. The van der Waals surface area contributed by atoms with Gasteiger partial charge in [0.25, 0.3) is 0 Å². The van der Waals surface area contributed by atoms with E-state index in [-0.39, 0.29) is 24.1 Å². The minimum Gasteiger partial charge on any atom is -0.435 e. The molecule has 0 aliphatic carbocycles. The number of carbonyl (C=O) groups is 1. The molecule has 0 aromatic heterocycles. The van der Waals surface area contributed by atoms with E-state index in [9.17, 15) is 13.6 Å². The topological polar surface area (TPSA) is 64.4 Å². The lowest BCUT2D eigenvalue weighted by Crippen LogP contribution is -2.23. The van der Waals surface area contributed by atoms with E-state index in [1.807, 2.05) is 0 Å². The summed E-state index contributed by atoms with van der Waals surface area (Å²) in [5.74, 6) is -0.271. The number of ether oxygens (including phenoxy) is 1. The lowest BCUT2D eigenvalue weighted by atomic mass is 10.2. The van der Waals surface area contributed by atoms with Crippen LogP contribution in [0.25, 0.3) is 0 Å². The van der Waals surface area contributed by atoms with Crippen LogP contribution < -0.4 is 15.8 Å². The van der Waals surface area contributed by atoms with Gasteiger partial charge in [0.15, 0.2) is 0 Å². The number of alkyl halides is 2. The monoisotopic (exact) mass is 244 g/mol. The number of carbonyl (C=O) groups excluding carboxylic acids is 1. The highest BCUT2D eigenvalue weighted by molar-refractivity contribution is 5.91. The smallest absolute Gasteiger partial charge is 0.387 e. The number of hydrogen-bond donors (Lipinski definition) is 2. The van der Waals surface area contributed by atoms with Gasteiger partial charge in [0, 0.05) is 24.2 Å². The molecule has 94 valence electrons. The van der Waals surface area contributed by atoms with Crippen LogP contribution in [-0.4, -0.2) is 18.6 Å². The van der Waals surface area contributed by atoms with E-state index in [1.54, 1.807) is 13.0 Å². The van der Waals surface area contributed by atoms with Crippen LogP contribution in [0.15, 0.2) is 24.3 Å². The predicted octanol–water partition coefficient (Wildman–Crippen LogP) is 1.96. The number of rotatable bonds is 5. The average molecular weight is 244 g/mol. The van der Waals surface area contributed by atoms with Crippen molar-refractivity contribution in [1.29, 1.82) is 0 Å². The van der Waals surface area contributed by atoms with Gasteiger partial charge in [-0.25, -0.2) is 0 Å². The van der Waals surface area contributed by atoms with E-state index in [0.717, 1.165) is 0 Å². The molecule has 0 saturated carbocycles. The second kappa shape index (κ2) is 6.15. The number of benzene rings is 1. The molecule has 3 N–H and O–H groups in total. The Morgan fingerprint density at radius 1 is 1.53 bits per heavy atom. The van der Waals surface area contributed by atoms with E-state index in [2.05, 4.69) is 10.1 Å². The van der Waals surface area contributed by atoms with Crippen molar-refractivity contribution in [1.82, 2.24) is 0 Å². The largest absolute Gasteiger partial charge is 0.435 e. The molecule has 1 aromatic carbocycles. The van der Waals surface area contributed by atoms with Crippen molar-refractivity contribution in [3.63, 3.8) is 0 Å². The molecule has 1 unspecified atom stereocenters. The van der Waals surface area contributed by atoms with Crippen LogP contribution in [0.5, 0.6) is 5.75 Å². The van der Waals surface area contributed by atoms with E-state index >= 15 is 0 Å². The molecule has 1 aromatic rings. The molecular formula is C11H14F2N2O2. The van der Waals surface area contributed by atoms with Crippen LogP contribution in [0.1, 0.15) is 13.3 Å². The molecule has 6 heteroatoms. The third kappa shape index (κ3) is 5.26. The third-order valence-corrected chi connectivity index (χ3v) is 1.85. The van der Waals surface area contributed by atoms with Crippen LogP contribution in [0.4, 0.5) is 14.5 Å². The van der Waals surface area contributed by atoms with Gasteiger partial charge in [0.1, 0.15) is 5.75 Å². The molecule has 0 heterocycles. The summed E-state index contributed by atoms with van der Waals surface area (Å²) in [5, 5.41) is 2.54. The van der Waals surface area contributed by atoms with E-state index in [4.69, 9.17) is 5.73 Å². The fourth-order valence-electron chi connectivity index (χ4n) is 1.25. The molecule has 0 radical (unpaired) electrons. The van der Waals surface area contributed by atoms with Crippen LogP contribution in [0.3, 0.4) is 0 Å². The molecule has 0 aliphatic heterocycles. The molecule has 0 fully saturated rings. The fraction of sp³-hybridized carbons (Fsp3) is 0.364. The van der Waals surface area contributed by atoms with Crippen LogP contribution in [0.2, 0.25) is 0 Å². The zero-order valence-electron chi connectivity index (χ0n) is 9.32. The fourth-order valence-corrected chi connectivity index (χ4v) is 1.25. The Hall–Kier alpha value is -1.69. The summed E-state index contributed by atoms with van der Waals surface area (Å²) in [6.07, 6.45) is 0.167. The minimum atomic E-state index is -2.88. The van der Waals surface area contributed by atoms with Gasteiger partial charge in [-0.15, -0.1) is 0 Å². The molecule has 0 saturated heterocycles. The van der Waals surface area contributed by atoms with Crippen molar-refractivity contribution in [2.24, 2.45) is 5.73 Å². The van der Waals surface area contributed by atoms with Gasteiger partial charge in [-0.1, -0.05) is 6.07 Å². The first-order valence-electron chi connectivity index (χ1n) is 5.07. The summed E-state index contributed by atoms with van der Waals surface area (Å²) in [4.78, 5) is 11.4. The molecule has 0 spiro atoms. The molecule has 1 atom stereocenters. The van der Waals surface area contributed by atoms with Crippen molar-refractivity contribution < 1.29 is 18.3 Å². The normalized spacial score (nSPS) is 12.3. The highest BCUT2D eigenvalue weighted by Gasteiger charge is 2.08. The Kier molecular flexibility index (Phi) is 4.84. The van der Waals surface area contributed by atoms with Crippen molar-refractivity contribution in [2.75, 3.05) is 5.32 Å². The number of hydrogen-bond acceptors (Lipinski definition) is 3. The summed E-state index contributed by atoms with van der Waals surface area (Å²) < 4.78 is 28.1. The zero-order valence-corrected chi connectivity index (χ0v) is 9.32. The number of amides is 1. The third-order valence-electron chi connectivity index (χ3n) is 1.85. The molecule has 0 bridgehead atoms. The molecule has 0 aliphatic rings. The summed E-state index contributed by atoms with van der Waals surface area (Å²) in [6, 6.07) is 5.55. The lowest BCUT2D eigenvalue weighted by molar-refractivity contribution is -0.116. The number of nitrogens with two attached hydrogens (primary N) is 1. The first-order valence-corrected chi connectivity index (χ1v) is 5.07. The number of nitrogens with one attached hydrogen (secondary N) is 1. The van der Waals surface area contributed by atoms with Crippen molar-refractivity contribution in [3.8, 4) is 5.75 Å². The van der Waals surface area contributed by atoms with E-state index in [0.29, 0.717) is 5.69 Å². The van der Waals surface area contributed by atoms with Gasteiger partial charge in [-0.2, -0.15) is 8.78 Å². The minimum absolute atomic E-state index is 0.00130. The summed E-state index contributed by atoms with van der Waals surface area (Å²) in [5.41, 5.74) is 5.86. The van der Waals surface area contributed by atoms with Crippen molar-refractivity contribution in [2.45, 2.75) is 26.0 Å². The second-order valence-corrected chi connectivity index (χ2v) is 3.64. The van der Waals surface area contributed by atoms with Gasteiger partial charge in [-0.05, 0) is 19.1 Å². The standard InChI is InChI=1S/C11H14F2N2O2/c1-7(14)5-10(16)15-8-3-2-4-9(6-8)17-11(12)13/h2-4,6-7,11H,5,14H2,1H3,(H,15,16). The predicted molar refractivity (Wildman–Crippen MR) is 60.0 cm³/mol. The first-order chi connectivity index (χ1) is 7.97. The van der Waals surface area contributed by atoms with Gasteiger partial charge < -0.3 is 15.8 Å². The van der Waals surface area contributed by atoms with Crippen LogP contribution >= 0.6 is 0 Å². The average Bonchev–Trinajstić information content (AvgIpc) is 2.14. The Bertz CT molecular complexity index is 383. The maximum Gasteiger partial charge on any atom is 0.387 e. The first kappa shape index (κ1) is 13.4. The Morgan fingerprint density at radius 3 is 2.82 bits per heavy atom. The van der Waals surface area contributed by atoms with E-state index < -0.39 is 6.61 Å². The molecular weight excluding hydrogens is 230 g/mol. The molecule has 17 heavy (non-hydrogen) atoms. The second-order valence-electron chi connectivity index (χ2n) is 3.64. The number of halogens is 2. The summed E-state index contributed by atoms with van der Waals surface area (Å²) in [6.45, 7) is -1.18. The van der Waals surface area contributed by atoms with Crippen molar-refractivity contribution in [3.05, 3.63) is 24.3 Å². The highest BCUT2D eigenvalue weighted by Crippen LogP contribution is 2.19. The van der Waals surface area contributed by atoms with Crippen molar-refractivity contribution >= 4 is 11.6 Å². The van der Waals surface area contributed by atoms with Gasteiger partial charge >= 0.3 is 6.61 Å².